The number of amides is 3. The number of nitrogens with zero attached hydrogens (tertiary/aromatic N) is 3. The van der Waals surface area contributed by atoms with E-state index in [0.29, 0.717) is 18.7 Å². The van der Waals surface area contributed by atoms with E-state index in [-0.39, 0.29) is 42.9 Å². The summed E-state index contributed by atoms with van der Waals surface area (Å²) >= 11 is 1.67. The summed E-state index contributed by atoms with van der Waals surface area (Å²) in [5.41, 5.74) is 2.34. The number of carbonyl (C=O) groups is 3. The largest absolute Gasteiger partial charge is 0.336 e. The number of halogens is 1. The zero-order chi connectivity index (χ0) is 24.4. The van der Waals surface area contributed by atoms with Gasteiger partial charge in [0, 0.05) is 60.9 Å². The van der Waals surface area contributed by atoms with E-state index in [9.17, 15) is 18.8 Å². The lowest BCUT2D eigenvalue weighted by molar-refractivity contribution is -0.139. The summed E-state index contributed by atoms with van der Waals surface area (Å²) in [7, 11) is 0. The molecule has 6 nitrogen and oxygen atoms in total. The van der Waals surface area contributed by atoms with Gasteiger partial charge in [-0.1, -0.05) is 24.3 Å². The lowest BCUT2D eigenvalue weighted by Crippen LogP contribution is -2.48. The number of hydrogen-bond acceptors (Lipinski definition) is 5. The maximum absolute atomic E-state index is 13.5. The Kier molecular flexibility index (Phi) is 6.74. The molecule has 1 aromatic heterocycles. The minimum atomic E-state index is -0.232. The molecule has 0 aliphatic carbocycles. The third-order valence-corrected chi connectivity index (χ3v) is 7.63. The third-order valence-electron chi connectivity index (χ3n) is 6.51. The van der Waals surface area contributed by atoms with Crippen LogP contribution in [0, 0.1) is 5.82 Å². The van der Waals surface area contributed by atoms with Crippen molar-refractivity contribution in [2.45, 2.75) is 25.9 Å². The fraction of sp³-hybridized carbons (Fsp3) is 0.296. The number of piperazine rings is 1. The summed E-state index contributed by atoms with van der Waals surface area (Å²) in [6, 6.07) is 17.9. The predicted molar refractivity (Wildman–Crippen MR) is 132 cm³/mol. The van der Waals surface area contributed by atoms with Gasteiger partial charge in [0.25, 0.3) is 5.91 Å². The molecule has 0 radical (unpaired) electrons. The summed E-state index contributed by atoms with van der Waals surface area (Å²) in [4.78, 5) is 44.4. The zero-order valence-electron chi connectivity index (χ0n) is 19.3. The average molecular weight is 492 g/mol. The van der Waals surface area contributed by atoms with Gasteiger partial charge >= 0.3 is 0 Å². The summed E-state index contributed by atoms with van der Waals surface area (Å²) in [5, 5.41) is 0. The van der Waals surface area contributed by atoms with Crippen molar-refractivity contribution in [3.05, 3.63) is 82.5 Å². The summed E-state index contributed by atoms with van der Waals surface area (Å²) < 4.78 is 13.5. The van der Waals surface area contributed by atoms with Crippen molar-refractivity contribution < 1.29 is 18.8 Å². The van der Waals surface area contributed by atoms with Crippen LogP contribution in [0.1, 0.15) is 33.6 Å². The second-order valence-electron chi connectivity index (χ2n) is 8.92. The molecule has 3 amide bonds. The molecular formula is C27H26FN3O3S. The van der Waals surface area contributed by atoms with Crippen molar-refractivity contribution in [3.63, 3.8) is 0 Å². The molecule has 2 aromatic carbocycles. The van der Waals surface area contributed by atoms with Crippen molar-refractivity contribution in [3.8, 4) is 10.4 Å². The smallest absolute Gasteiger partial charge is 0.253 e. The van der Waals surface area contributed by atoms with E-state index in [0.717, 1.165) is 35.6 Å². The lowest BCUT2D eigenvalue weighted by Gasteiger charge is -2.34. The van der Waals surface area contributed by atoms with Crippen LogP contribution in [-0.4, -0.2) is 58.6 Å². The van der Waals surface area contributed by atoms with E-state index in [2.05, 4.69) is 11.0 Å². The Balaban J connectivity index is 1.13. The zero-order valence-corrected chi connectivity index (χ0v) is 20.1. The highest BCUT2D eigenvalue weighted by molar-refractivity contribution is 7.15. The van der Waals surface area contributed by atoms with E-state index >= 15 is 0 Å². The van der Waals surface area contributed by atoms with Gasteiger partial charge < -0.3 is 4.90 Å². The molecule has 5 rings (SSSR count). The summed E-state index contributed by atoms with van der Waals surface area (Å²) in [6.07, 6.45) is 0.560. The molecule has 2 fully saturated rings. The molecule has 0 spiro atoms. The van der Waals surface area contributed by atoms with Gasteiger partial charge in [-0.2, -0.15) is 0 Å². The maximum Gasteiger partial charge on any atom is 0.253 e. The Hall–Kier alpha value is -3.36. The number of imide groups is 1. The molecule has 0 bridgehead atoms. The number of carbonyl (C=O) groups excluding carboxylic acids is 3. The molecule has 180 valence electrons. The van der Waals surface area contributed by atoms with E-state index in [4.69, 9.17) is 0 Å². The SMILES string of the molecule is O=C(c1ccc(CN2C(=O)CCC2=O)cc1)N1CCN(Cc2ccc(-c3cccc(F)c3)s2)CC1. The topological polar surface area (TPSA) is 60.9 Å². The normalized spacial score (nSPS) is 16.8. The number of rotatable bonds is 6. The quantitative estimate of drug-likeness (QED) is 0.486. The van der Waals surface area contributed by atoms with Crippen LogP contribution in [0.25, 0.3) is 10.4 Å². The molecule has 3 aromatic rings. The van der Waals surface area contributed by atoms with Crippen molar-refractivity contribution in [2.24, 2.45) is 0 Å². The molecule has 2 aliphatic heterocycles. The van der Waals surface area contributed by atoms with Crippen LogP contribution in [0.4, 0.5) is 4.39 Å². The Morgan fingerprint density at radius 2 is 1.57 bits per heavy atom. The van der Waals surface area contributed by atoms with Crippen LogP contribution in [0.15, 0.2) is 60.7 Å². The molecule has 3 heterocycles. The van der Waals surface area contributed by atoms with E-state index in [1.807, 2.05) is 29.2 Å². The summed E-state index contributed by atoms with van der Waals surface area (Å²) in [6.45, 7) is 3.95. The van der Waals surface area contributed by atoms with Gasteiger partial charge in [0.1, 0.15) is 5.82 Å². The fourth-order valence-electron chi connectivity index (χ4n) is 4.51. The van der Waals surface area contributed by atoms with E-state index in [1.54, 1.807) is 35.6 Å². The highest BCUT2D eigenvalue weighted by Gasteiger charge is 2.29. The van der Waals surface area contributed by atoms with Crippen LogP contribution in [0.5, 0.6) is 0 Å². The van der Waals surface area contributed by atoms with Gasteiger partial charge in [0.15, 0.2) is 0 Å². The van der Waals surface area contributed by atoms with E-state index < -0.39 is 0 Å². The first-order valence-electron chi connectivity index (χ1n) is 11.7. The molecule has 0 N–H and O–H groups in total. The molecule has 2 aliphatic rings. The van der Waals surface area contributed by atoms with Crippen molar-refractivity contribution in [1.82, 2.24) is 14.7 Å². The fourth-order valence-corrected chi connectivity index (χ4v) is 5.55. The van der Waals surface area contributed by atoms with Gasteiger partial charge in [-0.05, 0) is 47.5 Å². The number of hydrogen-bond donors (Lipinski definition) is 0. The van der Waals surface area contributed by atoms with Crippen LogP contribution in [0.2, 0.25) is 0 Å². The number of thiophene rings is 1. The van der Waals surface area contributed by atoms with E-state index in [1.165, 1.54) is 15.8 Å². The summed E-state index contributed by atoms with van der Waals surface area (Å²) in [5.74, 6) is -0.514. The first kappa shape index (κ1) is 23.4. The molecule has 0 unspecified atom stereocenters. The standard InChI is InChI=1S/C27H26FN3O3S/c28-22-3-1-2-21(16-22)24-9-8-23(35-24)18-29-12-14-30(15-13-29)27(34)20-6-4-19(5-7-20)17-31-25(32)10-11-26(31)33/h1-9,16H,10-15,17-18H2. The third kappa shape index (κ3) is 5.33. The minimum Gasteiger partial charge on any atom is -0.336 e. The molecule has 0 saturated carbocycles. The molecular weight excluding hydrogens is 465 g/mol. The minimum absolute atomic E-state index is 0.00552. The van der Waals surface area contributed by atoms with Crippen molar-refractivity contribution in [2.75, 3.05) is 26.2 Å². The van der Waals surface area contributed by atoms with Crippen LogP contribution in [-0.2, 0) is 22.7 Å². The Labute approximate surface area is 207 Å². The van der Waals surface area contributed by atoms with Crippen LogP contribution in [0.3, 0.4) is 0 Å². The van der Waals surface area contributed by atoms with Gasteiger partial charge in [0.2, 0.25) is 11.8 Å². The second-order valence-corrected chi connectivity index (χ2v) is 10.1. The van der Waals surface area contributed by atoms with Gasteiger partial charge in [0.05, 0.1) is 6.54 Å². The van der Waals surface area contributed by atoms with Crippen molar-refractivity contribution in [1.29, 1.82) is 0 Å². The Bertz CT molecular complexity index is 1230. The Morgan fingerprint density at radius 1 is 0.857 bits per heavy atom. The number of benzene rings is 2. The van der Waals surface area contributed by atoms with Gasteiger partial charge in [-0.25, -0.2) is 4.39 Å². The van der Waals surface area contributed by atoms with Crippen LogP contribution >= 0.6 is 11.3 Å². The monoisotopic (exact) mass is 491 g/mol. The lowest BCUT2D eigenvalue weighted by atomic mass is 10.1. The molecule has 2 saturated heterocycles. The molecule has 0 atom stereocenters. The molecule has 8 heteroatoms. The number of likely N-dealkylation sites (tertiary alicyclic amines) is 1. The predicted octanol–water partition coefficient (Wildman–Crippen LogP) is 4.16. The maximum atomic E-state index is 13.5. The van der Waals surface area contributed by atoms with Gasteiger partial charge in [-0.15, -0.1) is 11.3 Å². The first-order valence-corrected chi connectivity index (χ1v) is 12.6. The molecule has 35 heavy (non-hydrogen) atoms. The Morgan fingerprint density at radius 3 is 2.26 bits per heavy atom. The average Bonchev–Trinajstić information content (AvgIpc) is 3.46. The van der Waals surface area contributed by atoms with Gasteiger partial charge in [-0.3, -0.25) is 24.2 Å². The van der Waals surface area contributed by atoms with Crippen molar-refractivity contribution >= 4 is 29.1 Å². The highest BCUT2D eigenvalue weighted by Crippen LogP contribution is 2.29. The second kappa shape index (κ2) is 10.1. The first-order chi connectivity index (χ1) is 17.0. The van der Waals surface area contributed by atoms with Crippen LogP contribution < -0.4 is 0 Å². The highest BCUT2D eigenvalue weighted by atomic mass is 32.1.